The summed E-state index contributed by atoms with van der Waals surface area (Å²) in [7, 11) is 2.82. The van der Waals surface area contributed by atoms with Gasteiger partial charge in [-0.15, -0.1) is 0 Å². The van der Waals surface area contributed by atoms with Crippen LogP contribution in [0.15, 0.2) is 10.5 Å². The second-order valence-electron chi connectivity index (χ2n) is 2.66. The molecule has 0 atom stereocenters. The molecule has 0 bridgehead atoms. The van der Waals surface area contributed by atoms with Crippen LogP contribution < -0.4 is 9.47 Å². The molecule has 0 radical (unpaired) electrons. The lowest BCUT2D eigenvalue weighted by molar-refractivity contribution is 0.110. The number of methoxy groups -OCH3 is 2. The number of aldehydes is 2. The number of hydrogen-bond donors (Lipinski definition) is 0. The average molecular weight is 273 g/mol. The van der Waals surface area contributed by atoms with E-state index in [4.69, 9.17) is 9.47 Å². The molecule has 0 spiro atoms. The van der Waals surface area contributed by atoms with Crippen molar-refractivity contribution < 1.29 is 19.1 Å². The van der Waals surface area contributed by atoms with E-state index in [9.17, 15) is 9.59 Å². The van der Waals surface area contributed by atoms with Gasteiger partial charge in [0, 0.05) is 4.47 Å². The molecule has 0 heterocycles. The van der Waals surface area contributed by atoms with Gasteiger partial charge in [0.15, 0.2) is 24.1 Å². The standard InChI is InChI=1S/C10H9BrO4/c1-14-9-6(4-12)3-8(11)7(5-13)10(9)15-2/h3-5H,1-2H3. The van der Waals surface area contributed by atoms with Gasteiger partial charge in [0.05, 0.1) is 25.3 Å². The third kappa shape index (κ3) is 2.02. The van der Waals surface area contributed by atoms with Gasteiger partial charge in [0.25, 0.3) is 0 Å². The summed E-state index contributed by atoms with van der Waals surface area (Å²) in [5.41, 5.74) is 0.645. The zero-order chi connectivity index (χ0) is 11.4. The van der Waals surface area contributed by atoms with E-state index in [1.165, 1.54) is 20.3 Å². The molecule has 0 saturated heterocycles. The van der Waals surface area contributed by atoms with Crippen LogP contribution in [0.1, 0.15) is 20.7 Å². The summed E-state index contributed by atoms with van der Waals surface area (Å²) in [5.74, 6) is 0.516. The van der Waals surface area contributed by atoms with E-state index in [2.05, 4.69) is 15.9 Å². The monoisotopic (exact) mass is 272 g/mol. The third-order valence-corrected chi connectivity index (χ3v) is 2.56. The van der Waals surface area contributed by atoms with Crippen molar-refractivity contribution in [2.75, 3.05) is 14.2 Å². The van der Waals surface area contributed by atoms with E-state index in [0.717, 1.165) is 0 Å². The minimum Gasteiger partial charge on any atom is -0.492 e. The SMILES string of the molecule is COc1c(C=O)cc(Br)c(C=O)c1OC. The van der Waals surface area contributed by atoms with Crippen LogP contribution in [0.3, 0.4) is 0 Å². The van der Waals surface area contributed by atoms with Gasteiger partial charge in [0.1, 0.15) is 0 Å². The van der Waals surface area contributed by atoms with Crippen LogP contribution in [0.5, 0.6) is 11.5 Å². The van der Waals surface area contributed by atoms with Crippen molar-refractivity contribution in [2.24, 2.45) is 0 Å². The molecule has 0 N–H and O–H groups in total. The number of benzene rings is 1. The summed E-state index contributed by atoms with van der Waals surface area (Å²) < 4.78 is 10.6. The van der Waals surface area contributed by atoms with E-state index in [1.54, 1.807) is 0 Å². The van der Waals surface area contributed by atoms with Crippen molar-refractivity contribution in [3.63, 3.8) is 0 Å². The van der Waals surface area contributed by atoms with Crippen molar-refractivity contribution in [3.8, 4) is 11.5 Å². The summed E-state index contributed by atoms with van der Waals surface area (Å²) in [4.78, 5) is 21.6. The molecule has 0 aliphatic rings. The molecule has 0 saturated carbocycles. The van der Waals surface area contributed by atoms with Crippen molar-refractivity contribution in [2.45, 2.75) is 0 Å². The van der Waals surface area contributed by atoms with Crippen molar-refractivity contribution in [1.29, 1.82) is 0 Å². The lowest BCUT2D eigenvalue weighted by atomic mass is 10.1. The van der Waals surface area contributed by atoms with Crippen LogP contribution in [0.4, 0.5) is 0 Å². The summed E-state index contributed by atoms with van der Waals surface area (Å²) in [6.45, 7) is 0. The van der Waals surface area contributed by atoms with Crippen molar-refractivity contribution >= 4 is 28.5 Å². The second-order valence-corrected chi connectivity index (χ2v) is 3.52. The van der Waals surface area contributed by atoms with Gasteiger partial charge in [-0.1, -0.05) is 0 Å². The Morgan fingerprint density at radius 1 is 1.13 bits per heavy atom. The minimum atomic E-state index is 0.254. The molecule has 0 unspecified atom stereocenters. The first kappa shape index (κ1) is 11.7. The zero-order valence-corrected chi connectivity index (χ0v) is 9.83. The summed E-state index contributed by atoms with van der Waals surface area (Å²) >= 11 is 3.18. The highest BCUT2D eigenvalue weighted by Crippen LogP contribution is 2.37. The molecule has 1 rings (SSSR count). The Labute approximate surface area is 95.3 Å². The first-order valence-corrected chi connectivity index (χ1v) is 4.83. The van der Waals surface area contributed by atoms with Crippen LogP contribution in [0.25, 0.3) is 0 Å². The largest absolute Gasteiger partial charge is 0.492 e. The first-order chi connectivity index (χ1) is 7.19. The molecule has 4 nitrogen and oxygen atoms in total. The first-order valence-electron chi connectivity index (χ1n) is 4.04. The van der Waals surface area contributed by atoms with Gasteiger partial charge in [-0.2, -0.15) is 0 Å². The summed E-state index contributed by atoms with van der Waals surface area (Å²) in [6, 6.07) is 1.51. The molecule has 0 amide bonds. The molecule has 15 heavy (non-hydrogen) atoms. The van der Waals surface area contributed by atoms with Crippen LogP contribution in [-0.4, -0.2) is 26.8 Å². The highest BCUT2D eigenvalue weighted by atomic mass is 79.9. The van der Waals surface area contributed by atoms with E-state index in [1.807, 2.05) is 0 Å². The third-order valence-electron chi connectivity index (χ3n) is 1.91. The van der Waals surface area contributed by atoms with Gasteiger partial charge in [-0.05, 0) is 22.0 Å². The molecule has 0 aliphatic carbocycles. The van der Waals surface area contributed by atoms with Gasteiger partial charge < -0.3 is 9.47 Å². The van der Waals surface area contributed by atoms with E-state index < -0.39 is 0 Å². The Bertz CT molecular complexity index is 401. The van der Waals surface area contributed by atoms with Gasteiger partial charge in [-0.3, -0.25) is 9.59 Å². The Morgan fingerprint density at radius 3 is 2.13 bits per heavy atom. The maximum Gasteiger partial charge on any atom is 0.173 e. The van der Waals surface area contributed by atoms with Crippen LogP contribution >= 0.6 is 15.9 Å². The molecule has 1 aromatic rings. The van der Waals surface area contributed by atoms with E-state index in [0.29, 0.717) is 28.2 Å². The number of rotatable bonds is 4. The summed E-state index contributed by atoms with van der Waals surface area (Å²) in [6.07, 6.45) is 1.28. The number of ether oxygens (including phenoxy) is 2. The van der Waals surface area contributed by atoms with Crippen LogP contribution in [0.2, 0.25) is 0 Å². The number of carbonyl (C=O) groups excluding carboxylic acids is 2. The van der Waals surface area contributed by atoms with Gasteiger partial charge >= 0.3 is 0 Å². The lowest BCUT2D eigenvalue weighted by Gasteiger charge is -2.12. The predicted molar refractivity (Wildman–Crippen MR) is 58.0 cm³/mol. The molecular weight excluding hydrogens is 264 g/mol. The Morgan fingerprint density at radius 2 is 1.73 bits per heavy atom. The van der Waals surface area contributed by atoms with Crippen molar-refractivity contribution in [1.82, 2.24) is 0 Å². The lowest BCUT2D eigenvalue weighted by Crippen LogP contribution is -2.00. The number of hydrogen-bond acceptors (Lipinski definition) is 4. The normalized spacial score (nSPS) is 9.53. The maximum absolute atomic E-state index is 10.8. The van der Waals surface area contributed by atoms with E-state index in [-0.39, 0.29) is 11.5 Å². The van der Waals surface area contributed by atoms with Gasteiger partial charge in [-0.25, -0.2) is 0 Å². The smallest absolute Gasteiger partial charge is 0.173 e. The molecule has 0 aliphatic heterocycles. The van der Waals surface area contributed by atoms with Crippen LogP contribution in [-0.2, 0) is 0 Å². The fourth-order valence-corrected chi connectivity index (χ4v) is 1.77. The Kier molecular flexibility index (Phi) is 3.85. The Hall–Kier alpha value is -1.36. The molecule has 0 aromatic heterocycles. The zero-order valence-electron chi connectivity index (χ0n) is 8.24. The highest BCUT2D eigenvalue weighted by Gasteiger charge is 2.17. The topological polar surface area (TPSA) is 52.6 Å². The second kappa shape index (κ2) is 4.93. The highest BCUT2D eigenvalue weighted by molar-refractivity contribution is 9.10. The molecule has 80 valence electrons. The Balaban J connectivity index is 3.58. The maximum atomic E-state index is 10.8. The average Bonchev–Trinajstić information content (AvgIpc) is 2.27. The molecule has 0 fully saturated rings. The minimum absolute atomic E-state index is 0.254. The van der Waals surface area contributed by atoms with Crippen molar-refractivity contribution in [3.05, 3.63) is 21.7 Å². The predicted octanol–water partition coefficient (Wildman–Crippen LogP) is 2.09. The van der Waals surface area contributed by atoms with Gasteiger partial charge in [0.2, 0.25) is 0 Å². The fraction of sp³-hybridized carbons (Fsp3) is 0.200. The van der Waals surface area contributed by atoms with Crippen LogP contribution in [0, 0.1) is 0 Å². The van der Waals surface area contributed by atoms with E-state index >= 15 is 0 Å². The number of carbonyl (C=O) groups is 2. The summed E-state index contributed by atoms with van der Waals surface area (Å²) in [5, 5.41) is 0. The molecular formula is C10H9BrO4. The quantitative estimate of drug-likeness (QED) is 0.788. The molecule has 1 aromatic carbocycles. The number of halogens is 1. The fourth-order valence-electron chi connectivity index (χ4n) is 1.25. The molecule has 5 heteroatoms.